The third kappa shape index (κ3) is 4.12. The van der Waals surface area contributed by atoms with Gasteiger partial charge >= 0.3 is 0 Å². The molecule has 1 aliphatic heterocycles. The zero-order chi connectivity index (χ0) is 24.0. The van der Waals surface area contributed by atoms with E-state index in [0.717, 1.165) is 52.1 Å². The molecule has 0 unspecified atom stereocenters. The van der Waals surface area contributed by atoms with Crippen LogP contribution in [0.5, 0.6) is 11.5 Å². The Labute approximate surface area is 201 Å². The minimum atomic E-state index is 0.0296. The van der Waals surface area contributed by atoms with Gasteiger partial charge in [-0.2, -0.15) is 0 Å². The number of benzene rings is 1. The van der Waals surface area contributed by atoms with Gasteiger partial charge in [-0.1, -0.05) is 26.8 Å². The largest absolute Gasteiger partial charge is 0.456 e. The van der Waals surface area contributed by atoms with E-state index in [2.05, 4.69) is 85.6 Å². The second-order valence-electron chi connectivity index (χ2n) is 10.0. The van der Waals surface area contributed by atoms with E-state index < -0.39 is 0 Å². The van der Waals surface area contributed by atoms with Crippen molar-refractivity contribution in [2.75, 3.05) is 18.6 Å². The lowest BCUT2D eigenvalue weighted by Crippen LogP contribution is -2.21. The third-order valence-electron chi connectivity index (χ3n) is 6.33. The maximum Gasteiger partial charge on any atom is 0.146 e. The number of hydrogen-bond acceptors (Lipinski definition) is 5. The summed E-state index contributed by atoms with van der Waals surface area (Å²) >= 11 is 0. The number of aryl methyl sites for hydroxylation is 2. The van der Waals surface area contributed by atoms with Crippen LogP contribution in [-0.4, -0.2) is 33.0 Å². The van der Waals surface area contributed by atoms with Crippen molar-refractivity contribution in [2.45, 2.75) is 40.0 Å². The van der Waals surface area contributed by atoms with Crippen molar-refractivity contribution in [2.24, 2.45) is 0 Å². The highest BCUT2D eigenvalue weighted by molar-refractivity contribution is 5.77. The smallest absolute Gasteiger partial charge is 0.146 e. The molecular formula is C28H31N5O. The van der Waals surface area contributed by atoms with Gasteiger partial charge in [0, 0.05) is 48.7 Å². The first-order chi connectivity index (χ1) is 16.2. The summed E-state index contributed by atoms with van der Waals surface area (Å²) in [5, 5.41) is 0. The molecule has 0 saturated carbocycles. The van der Waals surface area contributed by atoms with Crippen molar-refractivity contribution in [3.05, 3.63) is 84.2 Å². The first-order valence-corrected chi connectivity index (χ1v) is 11.6. The summed E-state index contributed by atoms with van der Waals surface area (Å²) in [6.07, 6.45) is 8.04. The van der Waals surface area contributed by atoms with E-state index in [-0.39, 0.29) is 5.41 Å². The van der Waals surface area contributed by atoms with Crippen molar-refractivity contribution in [3.8, 4) is 22.8 Å². The van der Waals surface area contributed by atoms with E-state index in [1.165, 1.54) is 5.56 Å². The van der Waals surface area contributed by atoms with Gasteiger partial charge < -0.3 is 14.5 Å². The van der Waals surface area contributed by atoms with E-state index in [9.17, 15) is 0 Å². The highest BCUT2D eigenvalue weighted by Crippen LogP contribution is 2.34. The SMILES string of the molecule is Cc1nc2c(-c3cc(C(C)(C)C)ccn3)cc(Oc3cccc(N4C=CN(C)C4)c3)cn2c1C. The van der Waals surface area contributed by atoms with Crippen molar-refractivity contribution in [1.82, 2.24) is 19.3 Å². The molecule has 4 aromatic rings. The number of aromatic nitrogens is 3. The zero-order valence-corrected chi connectivity index (χ0v) is 20.7. The standard InChI is InChI=1S/C28H31N5O/c1-19-20(2)33-17-24(34-23-9-7-8-22(15-23)32-13-12-31(6)18-32)16-25(27(33)30-19)26-14-21(10-11-29-26)28(3,4)5/h7-17H,18H2,1-6H3. The van der Waals surface area contributed by atoms with E-state index in [0.29, 0.717) is 0 Å². The lowest BCUT2D eigenvalue weighted by atomic mass is 9.87. The molecule has 5 rings (SSSR count). The van der Waals surface area contributed by atoms with Crippen LogP contribution in [0.15, 0.2) is 67.3 Å². The molecule has 34 heavy (non-hydrogen) atoms. The van der Waals surface area contributed by atoms with Gasteiger partial charge in [0.25, 0.3) is 0 Å². The monoisotopic (exact) mass is 453 g/mol. The predicted molar refractivity (Wildman–Crippen MR) is 137 cm³/mol. The Morgan fingerprint density at radius 1 is 0.971 bits per heavy atom. The fourth-order valence-corrected chi connectivity index (χ4v) is 4.19. The molecule has 3 aromatic heterocycles. The van der Waals surface area contributed by atoms with E-state index in [4.69, 9.17) is 14.7 Å². The van der Waals surface area contributed by atoms with Gasteiger partial charge in [-0.05, 0) is 55.2 Å². The van der Waals surface area contributed by atoms with Gasteiger partial charge in [0.2, 0.25) is 0 Å². The Kier molecular flexibility index (Phi) is 5.31. The Morgan fingerprint density at radius 3 is 2.53 bits per heavy atom. The van der Waals surface area contributed by atoms with Crippen molar-refractivity contribution in [1.29, 1.82) is 0 Å². The molecule has 0 fully saturated rings. The van der Waals surface area contributed by atoms with Crippen LogP contribution in [-0.2, 0) is 5.41 Å². The molecule has 0 saturated heterocycles. The number of imidazole rings is 1. The van der Waals surface area contributed by atoms with Crippen molar-refractivity contribution < 1.29 is 4.74 Å². The molecule has 0 atom stereocenters. The molecule has 174 valence electrons. The molecule has 0 radical (unpaired) electrons. The van der Waals surface area contributed by atoms with Crippen LogP contribution in [0.1, 0.15) is 37.7 Å². The Hall–Kier alpha value is -3.80. The predicted octanol–water partition coefficient (Wildman–Crippen LogP) is 6.28. The summed E-state index contributed by atoms with van der Waals surface area (Å²) in [6.45, 7) is 11.6. The molecule has 6 heteroatoms. The zero-order valence-electron chi connectivity index (χ0n) is 20.7. The molecule has 4 heterocycles. The lowest BCUT2D eigenvalue weighted by Gasteiger charge is -2.20. The molecule has 0 bridgehead atoms. The van der Waals surface area contributed by atoms with Crippen LogP contribution in [0.3, 0.4) is 0 Å². The maximum absolute atomic E-state index is 6.40. The number of hydrogen-bond donors (Lipinski definition) is 0. The van der Waals surface area contributed by atoms with Crippen molar-refractivity contribution >= 4 is 11.3 Å². The average Bonchev–Trinajstić information content (AvgIpc) is 3.36. The minimum Gasteiger partial charge on any atom is -0.456 e. The number of nitrogens with zero attached hydrogens (tertiary/aromatic N) is 5. The summed E-state index contributed by atoms with van der Waals surface area (Å²) in [7, 11) is 2.06. The molecule has 0 aliphatic carbocycles. The van der Waals surface area contributed by atoms with Crippen LogP contribution in [0.2, 0.25) is 0 Å². The van der Waals surface area contributed by atoms with E-state index in [1.807, 2.05) is 37.5 Å². The molecule has 6 nitrogen and oxygen atoms in total. The maximum atomic E-state index is 6.40. The van der Waals surface area contributed by atoms with E-state index in [1.54, 1.807) is 0 Å². The van der Waals surface area contributed by atoms with Crippen LogP contribution < -0.4 is 9.64 Å². The molecule has 1 aromatic carbocycles. The Balaban J connectivity index is 1.57. The minimum absolute atomic E-state index is 0.0296. The topological polar surface area (TPSA) is 45.9 Å². The fraction of sp³-hybridized carbons (Fsp3) is 0.286. The summed E-state index contributed by atoms with van der Waals surface area (Å²) in [5.41, 5.74) is 7.19. The van der Waals surface area contributed by atoms with Crippen LogP contribution in [0.4, 0.5) is 5.69 Å². The van der Waals surface area contributed by atoms with E-state index >= 15 is 0 Å². The first-order valence-electron chi connectivity index (χ1n) is 11.6. The summed E-state index contributed by atoms with van der Waals surface area (Å²) < 4.78 is 8.50. The van der Waals surface area contributed by atoms with Gasteiger partial charge in [0.15, 0.2) is 0 Å². The number of fused-ring (bicyclic) bond motifs is 1. The van der Waals surface area contributed by atoms with Gasteiger partial charge in [0.1, 0.15) is 17.1 Å². The van der Waals surface area contributed by atoms with Gasteiger partial charge in [-0.25, -0.2) is 4.98 Å². The molecule has 0 spiro atoms. The summed E-state index contributed by atoms with van der Waals surface area (Å²) in [5.74, 6) is 1.54. The molecular weight excluding hydrogens is 422 g/mol. The third-order valence-corrected chi connectivity index (χ3v) is 6.33. The van der Waals surface area contributed by atoms with Crippen molar-refractivity contribution in [3.63, 3.8) is 0 Å². The number of anilines is 1. The molecule has 1 aliphatic rings. The second-order valence-corrected chi connectivity index (χ2v) is 10.0. The number of ether oxygens (including phenoxy) is 1. The lowest BCUT2D eigenvalue weighted by molar-refractivity contribution is 0.478. The molecule has 0 N–H and O–H groups in total. The summed E-state index contributed by atoms with van der Waals surface area (Å²) in [6, 6.07) is 14.5. The molecule has 0 amide bonds. The van der Waals surface area contributed by atoms with Gasteiger partial charge in [-0.15, -0.1) is 0 Å². The van der Waals surface area contributed by atoms with Crippen LogP contribution >= 0.6 is 0 Å². The van der Waals surface area contributed by atoms with Gasteiger partial charge in [-0.3, -0.25) is 9.38 Å². The van der Waals surface area contributed by atoms with Crippen LogP contribution in [0.25, 0.3) is 16.9 Å². The fourth-order valence-electron chi connectivity index (χ4n) is 4.19. The highest BCUT2D eigenvalue weighted by atomic mass is 16.5. The Bertz CT molecular complexity index is 1400. The highest BCUT2D eigenvalue weighted by Gasteiger charge is 2.19. The quantitative estimate of drug-likeness (QED) is 0.364. The number of pyridine rings is 2. The van der Waals surface area contributed by atoms with Crippen LogP contribution in [0, 0.1) is 13.8 Å². The average molecular weight is 454 g/mol. The first kappa shape index (κ1) is 22.0. The Morgan fingerprint density at radius 2 is 1.79 bits per heavy atom. The summed E-state index contributed by atoms with van der Waals surface area (Å²) in [4.78, 5) is 13.9. The number of rotatable bonds is 4. The second kappa shape index (κ2) is 8.20. The van der Waals surface area contributed by atoms with Gasteiger partial charge in [0.05, 0.1) is 24.3 Å². The normalized spacial score (nSPS) is 13.8.